The molecule has 1 aromatic heterocycles. The lowest BCUT2D eigenvalue weighted by Gasteiger charge is -2.05. The molecule has 152 valence electrons. The van der Waals surface area contributed by atoms with E-state index in [0.29, 0.717) is 15.8 Å². The number of primary sulfonamides is 1. The molecular formula is C19H19N3O5S2. The molecule has 0 atom stereocenters. The van der Waals surface area contributed by atoms with Crippen molar-refractivity contribution in [2.75, 3.05) is 7.11 Å². The number of methoxy groups -OCH3 is 1. The minimum atomic E-state index is -3.89. The molecule has 2 aromatic carbocycles. The molecule has 0 saturated heterocycles. The summed E-state index contributed by atoms with van der Waals surface area (Å²) < 4.78 is 30.0. The molecule has 0 spiro atoms. The van der Waals surface area contributed by atoms with Crippen LogP contribution in [0.4, 0.5) is 0 Å². The van der Waals surface area contributed by atoms with Gasteiger partial charge in [-0.3, -0.25) is 9.59 Å². The van der Waals surface area contributed by atoms with E-state index in [0.717, 1.165) is 22.5 Å². The molecule has 0 fully saturated rings. The number of sulfonamides is 1. The fourth-order valence-electron chi connectivity index (χ4n) is 2.69. The Morgan fingerprint density at radius 3 is 2.48 bits per heavy atom. The maximum atomic E-state index is 12.7. The number of fused-ring (bicyclic) bond motifs is 1. The van der Waals surface area contributed by atoms with Crippen molar-refractivity contribution in [2.45, 2.75) is 25.3 Å². The molecular weight excluding hydrogens is 414 g/mol. The van der Waals surface area contributed by atoms with E-state index in [-0.39, 0.29) is 16.2 Å². The average molecular weight is 434 g/mol. The maximum absolute atomic E-state index is 12.7. The number of rotatable bonds is 4. The molecule has 3 aromatic rings. The van der Waals surface area contributed by atoms with Gasteiger partial charge in [0.15, 0.2) is 4.80 Å². The van der Waals surface area contributed by atoms with Crippen molar-refractivity contribution in [3.05, 3.63) is 57.9 Å². The van der Waals surface area contributed by atoms with Crippen molar-refractivity contribution < 1.29 is 22.7 Å². The monoisotopic (exact) mass is 433 g/mol. The second-order valence-electron chi connectivity index (χ2n) is 6.44. The lowest BCUT2D eigenvalue weighted by molar-refractivity contribution is -0.141. The third-order valence-electron chi connectivity index (χ3n) is 4.45. The van der Waals surface area contributed by atoms with E-state index >= 15 is 0 Å². The first kappa shape index (κ1) is 20.9. The van der Waals surface area contributed by atoms with E-state index in [4.69, 9.17) is 9.88 Å². The van der Waals surface area contributed by atoms with Crippen molar-refractivity contribution in [3.63, 3.8) is 0 Å². The summed E-state index contributed by atoms with van der Waals surface area (Å²) in [6.07, 6.45) is 0. The van der Waals surface area contributed by atoms with E-state index in [1.165, 1.54) is 29.9 Å². The van der Waals surface area contributed by atoms with Gasteiger partial charge in [0.25, 0.3) is 5.91 Å². The van der Waals surface area contributed by atoms with Crippen molar-refractivity contribution in [2.24, 2.45) is 10.1 Å². The smallest absolute Gasteiger partial charge is 0.325 e. The number of aromatic nitrogens is 1. The van der Waals surface area contributed by atoms with Gasteiger partial charge in [-0.15, -0.1) is 0 Å². The molecule has 0 saturated carbocycles. The lowest BCUT2D eigenvalue weighted by Crippen LogP contribution is -2.22. The Balaban J connectivity index is 2.19. The topological polar surface area (TPSA) is 121 Å². The van der Waals surface area contributed by atoms with Crippen LogP contribution in [0.2, 0.25) is 0 Å². The fourth-order valence-corrected chi connectivity index (χ4v) is 4.37. The van der Waals surface area contributed by atoms with Gasteiger partial charge in [0.2, 0.25) is 10.0 Å². The van der Waals surface area contributed by atoms with Crippen LogP contribution in [0.1, 0.15) is 21.5 Å². The van der Waals surface area contributed by atoms with Crippen molar-refractivity contribution in [3.8, 4) is 0 Å². The van der Waals surface area contributed by atoms with Gasteiger partial charge in [0.05, 0.1) is 22.2 Å². The Hall–Kier alpha value is -2.82. The molecule has 3 rings (SSSR count). The van der Waals surface area contributed by atoms with Crippen molar-refractivity contribution in [1.29, 1.82) is 0 Å². The number of benzene rings is 2. The van der Waals surface area contributed by atoms with E-state index in [9.17, 15) is 18.0 Å². The third kappa shape index (κ3) is 4.44. The number of amides is 1. The summed E-state index contributed by atoms with van der Waals surface area (Å²) in [5.74, 6) is -0.995. The predicted octanol–water partition coefficient (Wildman–Crippen LogP) is 1.88. The van der Waals surface area contributed by atoms with Crippen LogP contribution in [-0.2, 0) is 26.1 Å². The van der Waals surface area contributed by atoms with Crippen molar-refractivity contribution in [1.82, 2.24) is 4.57 Å². The molecule has 2 N–H and O–H groups in total. The number of carbonyl (C=O) groups excluding carboxylic acids is 2. The molecule has 0 aliphatic rings. The molecule has 10 heteroatoms. The van der Waals surface area contributed by atoms with Crippen LogP contribution < -0.4 is 9.94 Å². The van der Waals surface area contributed by atoms with Crippen molar-refractivity contribution >= 4 is 43.5 Å². The van der Waals surface area contributed by atoms with E-state index in [2.05, 4.69) is 4.99 Å². The summed E-state index contributed by atoms with van der Waals surface area (Å²) in [4.78, 5) is 28.9. The highest BCUT2D eigenvalue weighted by atomic mass is 32.2. The molecule has 1 amide bonds. The molecule has 0 radical (unpaired) electrons. The van der Waals surface area contributed by atoms with Crippen LogP contribution in [0.3, 0.4) is 0 Å². The normalized spacial score (nSPS) is 12.3. The molecule has 1 heterocycles. The van der Waals surface area contributed by atoms with Gasteiger partial charge >= 0.3 is 5.97 Å². The number of hydrogen-bond acceptors (Lipinski definition) is 6. The Morgan fingerprint density at radius 2 is 1.86 bits per heavy atom. The molecule has 29 heavy (non-hydrogen) atoms. The summed E-state index contributed by atoms with van der Waals surface area (Å²) in [6.45, 7) is 3.67. The first-order valence-corrected chi connectivity index (χ1v) is 10.9. The highest BCUT2D eigenvalue weighted by Crippen LogP contribution is 2.21. The average Bonchev–Trinajstić information content (AvgIpc) is 2.99. The summed E-state index contributed by atoms with van der Waals surface area (Å²) in [6, 6.07) is 9.52. The summed E-state index contributed by atoms with van der Waals surface area (Å²) in [5, 5.41) is 5.20. The molecule has 0 unspecified atom stereocenters. The summed E-state index contributed by atoms with van der Waals surface area (Å²) in [5.41, 5.74) is 2.97. The minimum absolute atomic E-state index is 0.0662. The van der Waals surface area contributed by atoms with Gasteiger partial charge in [-0.05, 0) is 55.3 Å². The Labute approximate surface area is 171 Å². The van der Waals surface area contributed by atoms with Crippen LogP contribution in [-0.4, -0.2) is 32.0 Å². The molecule has 8 nitrogen and oxygen atoms in total. The van der Waals surface area contributed by atoms with Gasteiger partial charge in [-0.2, -0.15) is 4.99 Å². The largest absolute Gasteiger partial charge is 0.468 e. The minimum Gasteiger partial charge on any atom is -0.468 e. The Bertz CT molecular complexity index is 1300. The molecule has 0 bridgehead atoms. The van der Waals surface area contributed by atoms with Crippen LogP contribution in [0.15, 0.2) is 46.3 Å². The second kappa shape index (κ2) is 7.90. The zero-order valence-corrected chi connectivity index (χ0v) is 17.6. The van der Waals surface area contributed by atoms with E-state index < -0.39 is 21.9 Å². The quantitative estimate of drug-likeness (QED) is 0.630. The first-order valence-electron chi connectivity index (χ1n) is 8.49. The van der Waals surface area contributed by atoms with Crippen LogP contribution >= 0.6 is 11.3 Å². The van der Waals surface area contributed by atoms with Gasteiger partial charge in [-0.25, -0.2) is 13.6 Å². The zero-order valence-electron chi connectivity index (χ0n) is 16.0. The van der Waals surface area contributed by atoms with Gasteiger partial charge < -0.3 is 9.30 Å². The van der Waals surface area contributed by atoms with Crippen LogP contribution in [0.25, 0.3) is 10.2 Å². The summed E-state index contributed by atoms with van der Waals surface area (Å²) in [7, 11) is -2.63. The number of aryl methyl sites for hydroxylation is 2. The fraction of sp³-hybridized carbons (Fsp3) is 0.211. The number of thiazole rings is 1. The maximum Gasteiger partial charge on any atom is 0.325 e. The zero-order chi connectivity index (χ0) is 21.3. The standard InChI is InChI=1S/C19H19N3O5S2/c1-11-4-5-13(8-12(11)2)18(24)21-19-22(10-17(23)27-3)15-7-6-14(29(20,25)26)9-16(15)28-19/h4-9H,10H2,1-3H3,(H2,20,25,26). The number of nitrogens with two attached hydrogens (primary N) is 1. The Kier molecular flexibility index (Phi) is 5.69. The van der Waals surface area contributed by atoms with Gasteiger partial charge in [-0.1, -0.05) is 17.4 Å². The van der Waals surface area contributed by atoms with E-state index in [1.54, 1.807) is 12.1 Å². The predicted molar refractivity (Wildman–Crippen MR) is 109 cm³/mol. The lowest BCUT2D eigenvalue weighted by atomic mass is 10.1. The second-order valence-corrected chi connectivity index (χ2v) is 9.01. The number of hydrogen-bond donors (Lipinski definition) is 1. The first-order chi connectivity index (χ1) is 13.6. The Morgan fingerprint density at radius 1 is 1.14 bits per heavy atom. The van der Waals surface area contributed by atoms with Crippen LogP contribution in [0, 0.1) is 13.8 Å². The number of ether oxygens (including phenoxy) is 1. The van der Waals surface area contributed by atoms with Gasteiger partial charge in [0.1, 0.15) is 6.54 Å². The number of esters is 1. The highest BCUT2D eigenvalue weighted by molar-refractivity contribution is 7.89. The SMILES string of the molecule is COC(=O)Cn1c(=NC(=O)c2ccc(C)c(C)c2)sc2cc(S(N)(=O)=O)ccc21. The van der Waals surface area contributed by atoms with Gasteiger partial charge in [0, 0.05) is 5.56 Å². The molecule has 0 aliphatic carbocycles. The number of nitrogens with zero attached hydrogens (tertiary/aromatic N) is 2. The third-order valence-corrected chi connectivity index (χ3v) is 6.40. The highest BCUT2D eigenvalue weighted by Gasteiger charge is 2.16. The number of carbonyl (C=O) groups is 2. The van der Waals surface area contributed by atoms with E-state index in [1.807, 2.05) is 19.9 Å². The van der Waals surface area contributed by atoms with Crippen LogP contribution in [0.5, 0.6) is 0 Å². The summed E-state index contributed by atoms with van der Waals surface area (Å²) >= 11 is 1.08. The molecule has 0 aliphatic heterocycles.